The van der Waals surface area contributed by atoms with Gasteiger partial charge in [-0.05, 0) is 36.8 Å². The van der Waals surface area contributed by atoms with Crippen LogP contribution in [0.1, 0.15) is 12.5 Å². The van der Waals surface area contributed by atoms with Gasteiger partial charge < -0.3 is 24.0 Å². The Morgan fingerprint density at radius 3 is 2.35 bits per heavy atom. The summed E-state index contributed by atoms with van der Waals surface area (Å²) in [5.41, 5.74) is 2.13. The average molecular weight is 428 g/mol. The van der Waals surface area contributed by atoms with Crippen LogP contribution >= 0.6 is 0 Å². The second-order valence-corrected chi connectivity index (χ2v) is 7.60. The Bertz CT molecular complexity index is 866. The fourth-order valence-corrected chi connectivity index (χ4v) is 3.80. The van der Waals surface area contributed by atoms with E-state index in [9.17, 15) is 4.79 Å². The second kappa shape index (κ2) is 10.9. The minimum atomic E-state index is 0.109. The first-order valence-corrected chi connectivity index (χ1v) is 10.7. The van der Waals surface area contributed by atoms with E-state index in [0.29, 0.717) is 31.2 Å². The molecule has 31 heavy (non-hydrogen) atoms. The molecule has 0 aromatic heterocycles. The molecule has 1 aliphatic heterocycles. The Labute approximate surface area is 185 Å². The van der Waals surface area contributed by atoms with Crippen LogP contribution in [0.4, 0.5) is 5.69 Å². The van der Waals surface area contributed by atoms with E-state index in [1.165, 1.54) is 0 Å². The summed E-state index contributed by atoms with van der Waals surface area (Å²) in [5, 5.41) is 0. The van der Waals surface area contributed by atoms with Crippen molar-refractivity contribution in [3.8, 4) is 17.2 Å². The number of ether oxygens (including phenoxy) is 3. The van der Waals surface area contributed by atoms with Gasteiger partial charge in [0.2, 0.25) is 5.91 Å². The molecule has 0 spiro atoms. The number of carbonyl (C=O) groups is 1. The minimum absolute atomic E-state index is 0.109. The van der Waals surface area contributed by atoms with Gasteiger partial charge in [0, 0.05) is 39.8 Å². The highest BCUT2D eigenvalue weighted by molar-refractivity contribution is 5.78. The average Bonchev–Trinajstić information content (AvgIpc) is 2.80. The third-order valence-corrected chi connectivity index (χ3v) is 5.53. The number of methoxy groups -OCH3 is 2. The summed E-state index contributed by atoms with van der Waals surface area (Å²) in [6.07, 6.45) is 0. The predicted octanol–water partition coefficient (Wildman–Crippen LogP) is 2.88. The third kappa shape index (κ3) is 5.82. The molecule has 3 rings (SSSR count). The zero-order valence-corrected chi connectivity index (χ0v) is 19.0. The number of anilines is 1. The van der Waals surface area contributed by atoms with Crippen molar-refractivity contribution in [2.75, 3.05) is 65.5 Å². The lowest BCUT2D eigenvalue weighted by atomic mass is 10.2. The second-order valence-electron chi connectivity index (χ2n) is 7.60. The number of benzene rings is 2. The minimum Gasteiger partial charge on any atom is -0.493 e. The van der Waals surface area contributed by atoms with Crippen LogP contribution < -0.4 is 19.1 Å². The van der Waals surface area contributed by atoms with E-state index in [-0.39, 0.29) is 5.91 Å². The van der Waals surface area contributed by atoms with E-state index in [2.05, 4.69) is 15.9 Å². The van der Waals surface area contributed by atoms with E-state index in [1.807, 2.05) is 50.4 Å². The number of amides is 1. The van der Waals surface area contributed by atoms with E-state index >= 15 is 0 Å². The Balaban J connectivity index is 1.52. The van der Waals surface area contributed by atoms with Crippen molar-refractivity contribution in [1.82, 2.24) is 9.80 Å². The summed E-state index contributed by atoms with van der Waals surface area (Å²) in [5.74, 6) is 2.38. The maximum atomic E-state index is 12.8. The molecular formula is C24H33N3O4. The van der Waals surface area contributed by atoms with Gasteiger partial charge in [0.15, 0.2) is 11.5 Å². The molecule has 0 N–H and O–H groups in total. The molecule has 1 heterocycles. The molecule has 1 aliphatic rings. The molecule has 0 aliphatic carbocycles. The van der Waals surface area contributed by atoms with E-state index in [0.717, 1.165) is 43.2 Å². The molecule has 2 aromatic carbocycles. The number of para-hydroxylation sites is 2. The van der Waals surface area contributed by atoms with Gasteiger partial charge in [-0.1, -0.05) is 18.2 Å². The van der Waals surface area contributed by atoms with Crippen LogP contribution in [0.2, 0.25) is 0 Å². The number of hydrogen-bond donors (Lipinski definition) is 0. The Hall–Kier alpha value is -2.93. The van der Waals surface area contributed by atoms with Crippen LogP contribution in [-0.4, -0.2) is 76.3 Å². The molecule has 7 nitrogen and oxygen atoms in total. The molecule has 0 atom stereocenters. The summed E-state index contributed by atoms with van der Waals surface area (Å²) in [4.78, 5) is 19.1. The van der Waals surface area contributed by atoms with Crippen LogP contribution in [0.25, 0.3) is 0 Å². The van der Waals surface area contributed by atoms with Crippen LogP contribution in [-0.2, 0) is 11.3 Å². The van der Waals surface area contributed by atoms with Gasteiger partial charge in [0.25, 0.3) is 0 Å². The van der Waals surface area contributed by atoms with E-state index in [1.54, 1.807) is 19.1 Å². The first kappa shape index (κ1) is 22.7. The largest absolute Gasteiger partial charge is 0.493 e. The van der Waals surface area contributed by atoms with Crippen LogP contribution in [0.5, 0.6) is 17.2 Å². The SMILES string of the molecule is CCOc1ccccc1N1CCN(CC(=O)N(C)Cc2ccc(OC)c(OC)c2)CC1. The summed E-state index contributed by atoms with van der Waals surface area (Å²) in [6.45, 7) is 7.03. The van der Waals surface area contributed by atoms with Gasteiger partial charge in [-0.3, -0.25) is 9.69 Å². The summed E-state index contributed by atoms with van der Waals surface area (Å²) in [6, 6.07) is 13.9. The zero-order valence-electron chi connectivity index (χ0n) is 19.0. The zero-order chi connectivity index (χ0) is 22.2. The van der Waals surface area contributed by atoms with Crippen molar-refractivity contribution in [2.45, 2.75) is 13.5 Å². The maximum Gasteiger partial charge on any atom is 0.236 e. The van der Waals surface area contributed by atoms with Crippen LogP contribution in [0.15, 0.2) is 42.5 Å². The molecule has 7 heteroatoms. The van der Waals surface area contributed by atoms with Crippen molar-refractivity contribution in [2.24, 2.45) is 0 Å². The van der Waals surface area contributed by atoms with E-state index < -0.39 is 0 Å². The van der Waals surface area contributed by atoms with Gasteiger partial charge in [-0.2, -0.15) is 0 Å². The molecule has 0 bridgehead atoms. The number of carbonyl (C=O) groups excluding carboxylic acids is 1. The molecule has 0 radical (unpaired) electrons. The molecule has 0 saturated carbocycles. The van der Waals surface area contributed by atoms with Gasteiger partial charge >= 0.3 is 0 Å². The third-order valence-electron chi connectivity index (χ3n) is 5.53. The number of nitrogens with zero attached hydrogens (tertiary/aromatic N) is 3. The normalized spacial score (nSPS) is 14.3. The molecule has 1 saturated heterocycles. The topological polar surface area (TPSA) is 54.5 Å². The monoisotopic (exact) mass is 427 g/mol. The maximum absolute atomic E-state index is 12.8. The fraction of sp³-hybridized carbons (Fsp3) is 0.458. The smallest absolute Gasteiger partial charge is 0.236 e. The lowest BCUT2D eigenvalue weighted by Crippen LogP contribution is -2.49. The summed E-state index contributed by atoms with van der Waals surface area (Å²) >= 11 is 0. The number of rotatable bonds is 9. The number of hydrogen-bond acceptors (Lipinski definition) is 6. The standard InChI is InChI=1S/C24H33N3O4/c1-5-31-21-9-7-6-8-20(21)27-14-12-26(13-15-27)18-24(28)25(2)17-19-10-11-22(29-3)23(16-19)30-4/h6-11,16H,5,12-15,17-18H2,1-4H3. The van der Waals surface area contributed by atoms with Gasteiger partial charge in [0.05, 0.1) is 33.1 Å². The lowest BCUT2D eigenvalue weighted by molar-refractivity contribution is -0.131. The molecule has 0 unspecified atom stereocenters. The molecule has 2 aromatic rings. The quantitative estimate of drug-likeness (QED) is 0.613. The predicted molar refractivity (Wildman–Crippen MR) is 122 cm³/mol. The Morgan fingerprint density at radius 1 is 0.968 bits per heavy atom. The summed E-state index contributed by atoms with van der Waals surface area (Å²) < 4.78 is 16.4. The Kier molecular flexibility index (Phi) is 8.00. The highest BCUT2D eigenvalue weighted by Gasteiger charge is 2.22. The number of likely N-dealkylation sites (N-methyl/N-ethyl adjacent to an activating group) is 1. The van der Waals surface area contributed by atoms with Crippen molar-refractivity contribution in [3.63, 3.8) is 0 Å². The number of piperazine rings is 1. The van der Waals surface area contributed by atoms with Crippen LogP contribution in [0.3, 0.4) is 0 Å². The molecule has 168 valence electrons. The van der Waals surface area contributed by atoms with Crippen molar-refractivity contribution >= 4 is 11.6 Å². The van der Waals surface area contributed by atoms with Gasteiger partial charge in [0.1, 0.15) is 5.75 Å². The van der Waals surface area contributed by atoms with Gasteiger partial charge in [-0.15, -0.1) is 0 Å². The highest BCUT2D eigenvalue weighted by atomic mass is 16.5. The molecule has 1 fully saturated rings. The highest BCUT2D eigenvalue weighted by Crippen LogP contribution is 2.29. The summed E-state index contributed by atoms with van der Waals surface area (Å²) in [7, 11) is 5.07. The lowest BCUT2D eigenvalue weighted by Gasteiger charge is -2.36. The van der Waals surface area contributed by atoms with Crippen molar-refractivity contribution < 1.29 is 19.0 Å². The fourth-order valence-electron chi connectivity index (χ4n) is 3.80. The molecule has 1 amide bonds. The van der Waals surface area contributed by atoms with E-state index in [4.69, 9.17) is 14.2 Å². The Morgan fingerprint density at radius 2 is 1.68 bits per heavy atom. The molecular weight excluding hydrogens is 394 g/mol. The van der Waals surface area contributed by atoms with Crippen LogP contribution in [0, 0.1) is 0 Å². The first-order chi connectivity index (χ1) is 15.0. The first-order valence-electron chi connectivity index (χ1n) is 10.7. The van der Waals surface area contributed by atoms with Crippen molar-refractivity contribution in [3.05, 3.63) is 48.0 Å². The van der Waals surface area contributed by atoms with Gasteiger partial charge in [-0.25, -0.2) is 0 Å². The van der Waals surface area contributed by atoms with Crippen molar-refractivity contribution in [1.29, 1.82) is 0 Å².